The first kappa shape index (κ1) is 17.5. The highest BCUT2D eigenvalue weighted by molar-refractivity contribution is 7.98. The summed E-state index contributed by atoms with van der Waals surface area (Å²) in [5, 5.41) is 9.01. The van der Waals surface area contributed by atoms with Crippen molar-refractivity contribution in [3.8, 4) is 11.4 Å². The molecule has 0 bridgehead atoms. The summed E-state index contributed by atoms with van der Waals surface area (Å²) >= 11 is 7.20. The monoisotopic (exact) mass is 402 g/mol. The molecule has 4 rings (SSSR count). The van der Waals surface area contributed by atoms with Crippen LogP contribution in [0.5, 0.6) is 0 Å². The van der Waals surface area contributed by atoms with Crippen LogP contribution in [-0.4, -0.2) is 24.3 Å². The third-order valence-corrected chi connectivity index (χ3v) is 4.99. The minimum Gasteiger partial charge on any atom is -0.335 e. The average Bonchev–Trinajstić information content (AvgIpc) is 3.02. The zero-order valence-corrected chi connectivity index (χ0v) is 15.3. The number of benzene rings is 1. The second kappa shape index (κ2) is 7.01. The Morgan fingerprint density at radius 1 is 1.15 bits per heavy atom. The Morgan fingerprint density at radius 3 is 2.70 bits per heavy atom. The lowest BCUT2D eigenvalue weighted by molar-refractivity contribution is 0.628. The molecule has 0 spiro atoms. The van der Waals surface area contributed by atoms with Gasteiger partial charge in [0.1, 0.15) is 11.5 Å². The summed E-state index contributed by atoms with van der Waals surface area (Å²) in [6.07, 6.45) is 1.52. The van der Waals surface area contributed by atoms with E-state index < -0.39 is 0 Å². The molecule has 2 N–H and O–H groups in total. The molecule has 136 valence electrons. The van der Waals surface area contributed by atoms with Gasteiger partial charge in [0.15, 0.2) is 5.82 Å². The van der Waals surface area contributed by atoms with Gasteiger partial charge in [0.05, 0.1) is 10.7 Å². The van der Waals surface area contributed by atoms with E-state index in [0.29, 0.717) is 38.7 Å². The van der Waals surface area contributed by atoms with Crippen molar-refractivity contribution in [2.24, 2.45) is 0 Å². The Kier molecular flexibility index (Phi) is 4.54. The minimum absolute atomic E-state index is 0.223. The van der Waals surface area contributed by atoms with Gasteiger partial charge in [-0.1, -0.05) is 23.4 Å². The number of nitrogens with zero attached hydrogens (tertiary/aromatic N) is 5. The third-order valence-electron chi connectivity index (χ3n) is 3.79. The van der Waals surface area contributed by atoms with Crippen molar-refractivity contribution in [3.05, 3.63) is 75.5 Å². The fraction of sp³-hybridized carbons (Fsp3) is 0.0588. The number of halogens is 2. The van der Waals surface area contributed by atoms with Crippen molar-refractivity contribution >= 4 is 29.0 Å². The van der Waals surface area contributed by atoms with E-state index in [1.165, 1.54) is 45.2 Å². The van der Waals surface area contributed by atoms with Crippen LogP contribution in [0.2, 0.25) is 5.02 Å². The van der Waals surface area contributed by atoms with Gasteiger partial charge in [0.25, 0.3) is 5.56 Å². The molecule has 0 fully saturated rings. The number of hydrogen-bond donors (Lipinski definition) is 1. The zero-order chi connectivity index (χ0) is 19.0. The van der Waals surface area contributed by atoms with Gasteiger partial charge in [-0.2, -0.15) is 0 Å². The lowest BCUT2D eigenvalue weighted by atomic mass is 10.2. The minimum atomic E-state index is -0.341. The Balaban J connectivity index is 1.57. The van der Waals surface area contributed by atoms with Crippen LogP contribution in [0.15, 0.2) is 58.6 Å². The Morgan fingerprint density at radius 2 is 1.93 bits per heavy atom. The number of pyridine rings is 1. The van der Waals surface area contributed by atoms with E-state index in [0.717, 1.165) is 0 Å². The molecule has 0 saturated carbocycles. The fourth-order valence-corrected chi connectivity index (χ4v) is 3.42. The summed E-state index contributed by atoms with van der Waals surface area (Å²) in [7, 11) is 0. The van der Waals surface area contributed by atoms with Crippen molar-refractivity contribution in [1.29, 1.82) is 0 Å². The lowest BCUT2D eigenvalue weighted by Crippen LogP contribution is -2.15. The second-order valence-corrected chi connectivity index (χ2v) is 7.01. The first-order valence-electron chi connectivity index (χ1n) is 7.78. The van der Waals surface area contributed by atoms with Gasteiger partial charge in [-0.25, -0.2) is 14.1 Å². The Labute approximate surface area is 161 Å². The number of thioether (sulfide) groups is 1. The molecule has 0 unspecified atom stereocenters. The SMILES string of the molecule is Nn1c(SCc2cc(=O)n3cc(Cl)ccc3n2)nnc1-c1ccc(F)cc1. The molecule has 0 amide bonds. The second-order valence-electron chi connectivity index (χ2n) is 5.63. The maximum atomic E-state index is 13.1. The number of rotatable bonds is 4. The molecule has 3 aromatic heterocycles. The molecule has 0 radical (unpaired) electrons. The number of fused-ring (bicyclic) bond motifs is 1. The normalized spacial score (nSPS) is 11.2. The van der Waals surface area contributed by atoms with Gasteiger partial charge in [-0.3, -0.25) is 9.20 Å². The number of aromatic nitrogens is 5. The number of nitrogen functional groups attached to an aromatic ring is 1. The molecule has 0 atom stereocenters. The summed E-state index contributed by atoms with van der Waals surface area (Å²) in [5.74, 6) is 6.51. The van der Waals surface area contributed by atoms with E-state index in [-0.39, 0.29) is 11.4 Å². The summed E-state index contributed by atoms with van der Waals surface area (Å²) in [4.78, 5) is 16.7. The van der Waals surface area contributed by atoms with Crippen LogP contribution in [-0.2, 0) is 5.75 Å². The van der Waals surface area contributed by atoms with Crippen molar-refractivity contribution in [2.75, 3.05) is 5.84 Å². The molecule has 7 nitrogen and oxygen atoms in total. The quantitative estimate of drug-likeness (QED) is 0.417. The van der Waals surface area contributed by atoms with Gasteiger partial charge in [-0.05, 0) is 36.4 Å². The highest BCUT2D eigenvalue weighted by Gasteiger charge is 2.13. The fourth-order valence-electron chi connectivity index (χ4n) is 2.51. The van der Waals surface area contributed by atoms with Gasteiger partial charge in [0, 0.05) is 23.6 Å². The van der Waals surface area contributed by atoms with Crippen LogP contribution < -0.4 is 11.4 Å². The van der Waals surface area contributed by atoms with E-state index >= 15 is 0 Å². The maximum Gasteiger partial charge on any atom is 0.258 e. The van der Waals surface area contributed by atoms with E-state index in [4.69, 9.17) is 17.4 Å². The smallest absolute Gasteiger partial charge is 0.258 e. The average molecular weight is 403 g/mol. The largest absolute Gasteiger partial charge is 0.335 e. The lowest BCUT2D eigenvalue weighted by Gasteiger charge is -2.05. The first-order chi connectivity index (χ1) is 13.0. The van der Waals surface area contributed by atoms with Gasteiger partial charge < -0.3 is 5.84 Å². The zero-order valence-electron chi connectivity index (χ0n) is 13.7. The van der Waals surface area contributed by atoms with E-state index in [1.807, 2.05) is 0 Å². The standard InChI is InChI=1S/C17H12ClFN6OS/c18-11-3-6-14-21-13(7-15(26)24(14)8-11)9-27-17-23-22-16(25(17)20)10-1-4-12(19)5-2-10/h1-8H,9,20H2. The van der Waals surface area contributed by atoms with E-state index in [1.54, 1.807) is 24.3 Å². The summed E-state index contributed by atoms with van der Waals surface area (Å²) < 4.78 is 15.8. The third kappa shape index (κ3) is 3.51. The van der Waals surface area contributed by atoms with Gasteiger partial charge in [0.2, 0.25) is 5.16 Å². The molecular weight excluding hydrogens is 391 g/mol. The van der Waals surface area contributed by atoms with E-state index in [2.05, 4.69) is 15.2 Å². The topological polar surface area (TPSA) is 91.1 Å². The summed E-state index contributed by atoms with van der Waals surface area (Å²) in [5.41, 5.74) is 1.51. The van der Waals surface area contributed by atoms with Crippen molar-refractivity contribution in [3.63, 3.8) is 0 Å². The molecule has 1 aromatic carbocycles. The van der Waals surface area contributed by atoms with Gasteiger partial charge in [-0.15, -0.1) is 10.2 Å². The maximum absolute atomic E-state index is 13.1. The van der Waals surface area contributed by atoms with Crippen molar-refractivity contribution in [2.45, 2.75) is 10.9 Å². The predicted octanol–water partition coefficient (Wildman–Crippen LogP) is 2.75. The van der Waals surface area contributed by atoms with Crippen LogP contribution in [0.25, 0.3) is 17.0 Å². The van der Waals surface area contributed by atoms with Crippen LogP contribution in [0, 0.1) is 5.82 Å². The Hall–Kier alpha value is -2.91. The molecule has 0 aliphatic rings. The Bertz CT molecular complexity index is 1190. The molecular formula is C17H12ClFN6OS. The van der Waals surface area contributed by atoms with Crippen molar-refractivity contribution in [1.82, 2.24) is 24.3 Å². The molecule has 0 aliphatic carbocycles. The number of hydrogen-bond acceptors (Lipinski definition) is 6. The molecule has 3 heterocycles. The van der Waals surface area contributed by atoms with Gasteiger partial charge >= 0.3 is 0 Å². The molecule has 10 heteroatoms. The molecule has 0 aliphatic heterocycles. The van der Waals surface area contributed by atoms with Crippen LogP contribution in [0.1, 0.15) is 5.69 Å². The van der Waals surface area contributed by atoms with Crippen LogP contribution in [0.4, 0.5) is 4.39 Å². The summed E-state index contributed by atoms with van der Waals surface area (Å²) in [6.45, 7) is 0. The van der Waals surface area contributed by atoms with Crippen LogP contribution in [0.3, 0.4) is 0 Å². The van der Waals surface area contributed by atoms with E-state index in [9.17, 15) is 9.18 Å². The van der Waals surface area contributed by atoms with Crippen molar-refractivity contribution < 1.29 is 4.39 Å². The highest BCUT2D eigenvalue weighted by atomic mass is 35.5. The first-order valence-corrected chi connectivity index (χ1v) is 9.15. The molecule has 4 aromatic rings. The predicted molar refractivity (Wildman–Crippen MR) is 102 cm³/mol. The molecule has 0 saturated heterocycles. The number of nitrogens with two attached hydrogens (primary N) is 1. The highest BCUT2D eigenvalue weighted by Crippen LogP contribution is 2.24. The summed E-state index contributed by atoms with van der Waals surface area (Å²) in [6, 6.07) is 10.6. The molecule has 27 heavy (non-hydrogen) atoms. The van der Waals surface area contributed by atoms with Crippen LogP contribution >= 0.6 is 23.4 Å².